The van der Waals surface area contributed by atoms with Gasteiger partial charge in [-0.15, -0.1) is 6.58 Å². The fraction of sp³-hybridized carbons (Fsp3) is 0.294. The van der Waals surface area contributed by atoms with E-state index in [1.54, 1.807) is 31.2 Å². The monoisotopic (exact) mass is 305 g/mol. The van der Waals surface area contributed by atoms with Crippen LogP contribution >= 0.6 is 0 Å². The number of esters is 1. The smallest absolute Gasteiger partial charge is 0.310 e. The fourth-order valence-electron chi connectivity index (χ4n) is 1.86. The molecule has 0 fully saturated rings. The van der Waals surface area contributed by atoms with Crippen molar-refractivity contribution in [1.29, 1.82) is 0 Å². The molecule has 1 unspecified atom stereocenters. The van der Waals surface area contributed by atoms with Crippen LogP contribution in [0.2, 0.25) is 0 Å². The van der Waals surface area contributed by atoms with Crippen molar-refractivity contribution in [3.05, 3.63) is 54.4 Å². The van der Waals surface area contributed by atoms with E-state index in [4.69, 9.17) is 0 Å². The molecule has 0 radical (unpaired) electrons. The van der Waals surface area contributed by atoms with E-state index >= 15 is 0 Å². The molecule has 0 N–H and O–H groups in total. The van der Waals surface area contributed by atoms with Crippen LogP contribution in [-0.2, 0) is 14.3 Å². The summed E-state index contributed by atoms with van der Waals surface area (Å²) in [5.41, 5.74) is 0.717. The van der Waals surface area contributed by atoms with Crippen molar-refractivity contribution < 1.29 is 18.7 Å². The Bertz CT molecular complexity index is 552. The van der Waals surface area contributed by atoms with Gasteiger partial charge in [0, 0.05) is 19.2 Å². The molecule has 118 valence electrons. The first-order chi connectivity index (χ1) is 10.5. The normalized spacial score (nSPS) is 12.0. The molecule has 1 aromatic rings. The summed E-state index contributed by atoms with van der Waals surface area (Å²) < 4.78 is 17.5. The number of hydrogen-bond acceptors (Lipinski definition) is 3. The molecule has 4 nitrogen and oxygen atoms in total. The highest BCUT2D eigenvalue weighted by Gasteiger charge is 2.19. The third-order valence-corrected chi connectivity index (χ3v) is 3.05. The van der Waals surface area contributed by atoms with Crippen LogP contribution in [0.4, 0.5) is 4.39 Å². The Labute approximate surface area is 129 Å². The number of ether oxygens (including phenoxy) is 1. The van der Waals surface area contributed by atoms with Gasteiger partial charge in [-0.05, 0) is 23.8 Å². The van der Waals surface area contributed by atoms with Gasteiger partial charge in [-0.2, -0.15) is 0 Å². The van der Waals surface area contributed by atoms with Gasteiger partial charge in [0.25, 0.3) is 0 Å². The molecule has 22 heavy (non-hydrogen) atoms. The first kappa shape index (κ1) is 17.6. The Hall–Kier alpha value is -2.43. The van der Waals surface area contributed by atoms with Crippen LogP contribution < -0.4 is 0 Å². The predicted octanol–water partition coefficient (Wildman–Crippen LogP) is 2.66. The maximum atomic E-state index is 12.8. The Kier molecular flexibility index (Phi) is 7.02. The van der Waals surface area contributed by atoms with Crippen molar-refractivity contribution in [3.63, 3.8) is 0 Å². The van der Waals surface area contributed by atoms with E-state index in [9.17, 15) is 14.0 Å². The number of benzene rings is 1. The van der Waals surface area contributed by atoms with Crippen LogP contribution in [0.5, 0.6) is 0 Å². The van der Waals surface area contributed by atoms with Gasteiger partial charge in [0.1, 0.15) is 5.82 Å². The van der Waals surface area contributed by atoms with Crippen LogP contribution in [0.15, 0.2) is 43.0 Å². The van der Waals surface area contributed by atoms with Gasteiger partial charge >= 0.3 is 5.97 Å². The minimum atomic E-state index is -0.423. The molecular weight excluding hydrogens is 285 g/mol. The molecule has 0 saturated heterocycles. The maximum Gasteiger partial charge on any atom is 0.310 e. The van der Waals surface area contributed by atoms with Crippen LogP contribution in [-0.4, -0.2) is 37.0 Å². The van der Waals surface area contributed by atoms with Crippen molar-refractivity contribution in [1.82, 2.24) is 4.90 Å². The molecule has 0 bridgehead atoms. The van der Waals surface area contributed by atoms with E-state index in [2.05, 4.69) is 11.3 Å². The van der Waals surface area contributed by atoms with Crippen LogP contribution in [0.25, 0.3) is 6.08 Å². The molecule has 1 rings (SSSR count). The van der Waals surface area contributed by atoms with Crippen LogP contribution in [0.3, 0.4) is 0 Å². The molecule has 0 aliphatic heterocycles. The summed E-state index contributed by atoms with van der Waals surface area (Å²) in [4.78, 5) is 25.1. The lowest BCUT2D eigenvalue weighted by Gasteiger charge is -2.22. The summed E-state index contributed by atoms with van der Waals surface area (Å²) >= 11 is 0. The summed E-state index contributed by atoms with van der Waals surface area (Å²) in [6.07, 6.45) is 4.58. The third kappa shape index (κ3) is 5.52. The lowest BCUT2D eigenvalue weighted by Crippen LogP contribution is -2.36. The number of nitrogens with zero attached hydrogens (tertiary/aromatic N) is 1. The number of methoxy groups -OCH3 is 1. The quantitative estimate of drug-likeness (QED) is 0.442. The second-order valence-corrected chi connectivity index (χ2v) is 4.84. The Morgan fingerprint density at radius 1 is 1.36 bits per heavy atom. The van der Waals surface area contributed by atoms with Crippen molar-refractivity contribution in [3.8, 4) is 0 Å². The van der Waals surface area contributed by atoms with Gasteiger partial charge in [0.15, 0.2) is 0 Å². The molecule has 1 amide bonds. The first-order valence-corrected chi connectivity index (χ1v) is 6.89. The van der Waals surface area contributed by atoms with Gasteiger partial charge in [0.05, 0.1) is 13.0 Å². The molecule has 1 aromatic carbocycles. The van der Waals surface area contributed by atoms with Gasteiger partial charge in [-0.3, -0.25) is 9.59 Å². The summed E-state index contributed by atoms with van der Waals surface area (Å²) in [6, 6.07) is 5.80. The molecule has 0 aromatic heterocycles. The Morgan fingerprint density at radius 3 is 2.55 bits per heavy atom. The Morgan fingerprint density at radius 2 is 2.00 bits per heavy atom. The lowest BCUT2D eigenvalue weighted by molar-refractivity contribution is -0.145. The number of carbonyl (C=O) groups excluding carboxylic acids is 2. The molecule has 5 heteroatoms. The topological polar surface area (TPSA) is 46.6 Å². The second-order valence-electron chi connectivity index (χ2n) is 4.84. The average molecular weight is 305 g/mol. The summed E-state index contributed by atoms with van der Waals surface area (Å²) in [7, 11) is 1.31. The molecule has 1 atom stereocenters. The predicted molar refractivity (Wildman–Crippen MR) is 83.4 cm³/mol. The molecule has 0 spiro atoms. The number of halogens is 1. The Balaban J connectivity index is 2.73. The van der Waals surface area contributed by atoms with Crippen LogP contribution in [0.1, 0.15) is 12.5 Å². The number of amides is 1. The third-order valence-electron chi connectivity index (χ3n) is 3.05. The zero-order valence-electron chi connectivity index (χ0n) is 12.8. The van der Waals surface area contributed by atoms with Crippen molar-refractivity contribution in [2.75, 3.05) is 20.2 Å². The maximum absolute atomic E-state index is 12.8. The lowest BCUT2D eigenvalue weighted by atomic mass is 10.1. The molecule has 0 aliphatic carbocycles. The highest BCUT2D eigenvalue weighted by Crippen LogP contribution is 2.07. The number of hydrogen-bond donors (Lipinski definition) is 0. The molecule has 0 saturated carbocycles. The zero-order valence-corrected chi connectivity index (χ0v) is 12.8. The SMILES string of the molecule is C=CCN(CC(C)C(=O)OC)C(=O)/C=C/c1ccc(F)cc1. The average Bonchev–Trinajstić information content (AvgIpc) is 2.52. The van der Waals surface area contributed by atoms with E-state index in [-0.39, 0.29) is 24.2 Å². The van der Waals surface area contributed by atoms with Crippen LogP contribution in [0, 0.1) is 11.7 Å². The summed E-state index contributed by atoms with van der Waals surface area (Å²) in [5, 5.41) is 0. The van der Waals surface area contributed by atoms with Crippen molar-refractivity contribution in [2.24, 2.45) is 5.92 Å². The van der Waals surface area contributed by atoms with Crippen molar-refractivity contribution in [2.45, 2.75) is 6.92 Å². The van der Waals surface area contributed by atoms with Gasteiger partial charge in [0.2, 0.25) is 5.91 Å². The van der Waals surface area contributed by atoms with E-state index in [1.807, 2.05) is 0 Å². The van der Waals surface area contributed by atoms with E-state index in [1.165, 1.54) is 30.2 Å². The van der Waals surface area contributed by atoms with E-state index in [0.717, 1.165) is 0 Å². The van der Waals surface area contributed by atoms with Gasteiger partial charge in [-0.1, -0.05) is 25.1 Å². The largest absolute Gasteiger partial charge is 0.469 e. The first-order valence-electron chi connectivity index (χ1n) is 6.89. The molecule has 0 aliphatic rings. The van der Waals surface area contributed by atoms with Gasteiger partial charge < -0.3 is 9.64 Å². The highest BCUT2D eigenvalue weighted by atomic mass is 19.1. The van der Waals surface area contributed by atoms with E-state index < -0.39 is 5.92 Å². The summed E-state index contributed by atoms with van der Waals surface area (Å²) in [6.45, 7) is 5.87. The fourth-order valence-corrected chi connectivity index (χ4v) is 1.86. The molecule has 0 heterocycles. The van der Waals surface area contributed by atoms with E-state index in [0.29, 0.717) is 12.1 Å². The number of rotatable bonds is 7. The summed E-state index contributed by atoms with van der Waals surface area (Å²) in [5.74, 6) is -1.37. The minimum absolute atomic E-state index is 0.241. The van der Waals surface area contributed by atoms with Crippen molar-refractivity contribution >= 4 is 18.0 Å². The number of carbonyl (C=O) groups is 2. The standard InChI is InChI=1S/C17H20FNO3/c1-4-11-19(12-13(2)17(21)22-3)16(20)10-7-14-5-8-15(18)9-6-14/h4-10,13H,1,11-12H2,2-3H3/b10-7+. The molecular formula is C17H20FNO3. The highest BCUT2D eigenvalue weighted by molar-refractivity contribution is 5.92. The zero-order chi connectivity index (χ0) is 16.5. The van der Waals surface area contributed by atoms with Gasteiger partial charge in [-0.25, -0.2) is 4.39 Å². The second kappa shape index (κ2) is 8.77. The minimum Gasteiger partial charge on any atom is -0.469 e.